The lowest BCUT2D eigenvalue weighted by molar-refractivity contribution is 0.154. The summed E-state index contributed by atoms with van der Waals surface area (Å²) < 4.78 is 5.95. The maximum atomic E-state index is 9.59. The lowest BCUT2D eigenvalue weighted by Crippen LogP contribution is -2.47. The Morgan fingerprint density at radius 2 is 2.05 bits per heavy atom. The summed E-state index contributed by atoms with van der Waals surface area (Å²) in [5.74, 6) is 1.47. The molecular formula is C18H29NO2. The maximum Gasteiger partial charge on any atom is 0.122 e. The van der Waals surface area contributed by atoms with Gasteiger partial charge >= 0.3 is 0 Å². The molecule has 0 amide bonds. The Kier molecular flexibility index (Phi) is 5.65. The van der Waals surface area contributed by atoms with Crippen LogP contribution in [0.25, 0.3) is 0 Å². The fraction of sp³-hybridized carbons (Fsp3) is 0.667. The van der Waals surface area contributed by atoms with Crippen LogP contribution in [0.4, 0.5) is 0 Å². The highest BCUT2D eigenvalue weighted by atomic mass is 16.5. The van der Waals surface area contributed by atoms with Crippen molar-refractivity contribution in [1.82, 2.24) is 5.32 Å². The van der Waals surface area contributed by atoms with Gasteiger partial charge in [-0.2, -0.15) is 0 Å². The number of benzene rings is 1. The number of ether oxygens (including phenoxy) is 1. The zero-order chi connectivity index (χ0) is 15.3. The van der Waals surface area contributed by atoms with Crippen molar-refractivity contribution in [2.75, 3.05) is 13.2 Å². The van der Waals surface area contributed by atoms with Gasteiger partial charge in [-0.1, -0.05) is 32.0 Å². The van der Waals surface area contributed by atoms with E-state index in [1.807, 2.05) is 12.1 Å². The first-order valence-electron chi connectivity index (χ1n) is 8.14. The van der Waals surface area contributed by atoms with Crippen LogP contribution in [0, 0.1) is 0 Å². The molecule has 0 heterocycles. The van der Waals surface area contributed by atoms with Crippen LogP contribution in [0.3, 0.4) is 0 Å². The van der Waals surface area contributed by atoms with E-state index in [2.05, 4.69) is 38.2 Å². The van der Waals surface area contributed by atoms with Crippen molar-refractivity contribution >= 4 is 0 Å². The number of aliphatic hydroxyl groups excluding tert-OH is 1. The smallest absolute Gasteiger partial charge is 0.122 e. The molecule has 0 aromatic heterocycles. The van der Waals surface area contributed by atoms with Gasteiger partial charge < -0.3 is 15.2 Å². The molecule has 3 nitrogen and oxygen atoms in total. The minimum atomic E-state index is -0.165. The third kappa shape index (κ3) is 5.01. The van der Waals surface area contributed by atoms with Crippen LogP contribution in [-0.4, -0.2) is 29.9 Å². The number of hydrogen-bond donors (Lipinski definition) is 2. The lowest BCUT2D eigenvalue weighted by atomic mass is 9.97. The standard InChI is InChI=1S/C18H29NO2/c1-14(2)16-7-4-5-8-17(16)21-12-6-11-18(3,13-20)19-15-9-10-15/h4-5,7-8,14-15,19-20H,6,9-13H2,1-3H3. The molecule has 2 rings (SSSR count). The Balaban J connectivity index is 1.78. The summed E-state index contributed by atoms with van der Waals surface area (Å²) in [6.07, 6.45) is 4.37. The predicted molar refractivity (Wildman–Crippen MR) is 86.9 cm³/mol. The molecule has 0 spiro atoms. The largest absolute Gasteiger partial charge is 0.493 e. The van der Waals surface area contributed by atoms with E-state index in [0.29, 0.717) is 18.6 Å². The average molecular weight is 291 g/mol. The first-order chi connectivity index (χ1) is 10.0. The quantitative estimate of drug-likeness (QED) is 0.685. The van der Waals surface area contributed by atoms with Crippen LogP contribution in [-0.2, 0) is 0 Å². The second-order valence-corrected chi connectivity index (χ2v) is 6.78. The van der Waals surface area contributed by atoms with Crippen LogP contribution in [0.15, 0.2) is 24.3 Å². The second-order valence-electron chi connectivity index (χ2n) is 6.78. The van der Waals surface area contributed by atoms with Crippen LogP contribution in [0.5, 0.6) is 5.75 Å². The van der Waals surface area contributed by atoms with Gasteiger partial charge in [0.1, 0.15) is 5.75 Å². The van der Waals surface area contributed by atoms with Gasteiger partial charge in [-0.3, -0.25) is 0 Å². The topological polar surface area (TPSA) is 41.5 Å². The highest BCUT2D eigenvalue weighted by Gasteiger charge is 2.31. The van der Waals surface area contributed by atoms with Crippen molar-refractivity contribution in [2.45, 2.75) is 64.0 Å². The van der Waals surface area contributed by atoms with Crippen molar-refractivity contribution in [2.24, 2.45) is 0 Å². The molecule has 0 bridgehead atoms. The predicted octanol–water partition coefficient (Wildman–Crippen LogP) is 3.47. The summed E-state index contributed by atoms with van der Waals surface area (Å²) in [6.45, 7) is 7.36. The van der Waals surface area contributed by atoms with E-state index in [0.717, 1.165) is 18.6 Å². The fourth-order valence-corrected chi connectivity index (χ4v) is 2.65. The molecule has 21 heavy (non-hydrogen) atoms. The molecule has 1 atom stereocenters. The van der Waals surface area contributed by atoms with Crippen molar-refractivity contribution < 1.29 is 9.84 Å². The number of nitrogens with one attached hydrogen (secondary N) is 1. The number of para-hydroxylation sites is 1. The van der Waals surface area contributed by atoms with Crippen molar-refractivity contribution in [1.29, 1.82) is 0 Å². The van der Waals surface area contributed by atoms with Gasteiger partial charge in [0.2, 0.25) is 0 Å². The minimum Gasteiger partial charge on any atom is -0.493 e. The molecule has 1 aromatic rings. The van der Waals surface area contributed by atoms with E-state index in [1.165, 1.54) is 18.4 Å². The summed E-state index contributed by atoms with van der Waals surface area (Å²) in [5, 5.41) is 13.1. The van der Waals surface area contributed by atoms with E-state index in [-0.39, 0.29) is 12.1 Å². The monoisotopic (exact) mass is 291 g/mol. The molecule has 1 aromatic carbocycles. The molecule has 0 radical (unpaired) electrons. The highest BCUT2D eigenvalue weighted by molar-refractivity contribution is 5.35. The Bertz CT molecular complexity index is 443. The highest BCUT2D eigenvalue weighted by Crippen LogP contribution is 2.27. The van der Waals surface area contributed by atoms with Gasteiger partial charge in [0.25, 0.3) is 0 Å². The molecule has 1 saturated carbocycles. The number of hydrogen-bond acceptors (Lipinski definition) is 3. The normalized spacial score (nSPS) is 17.8. The zero-order valence-corrected chi connectivity index (χ0v) is 13.6. The Morgan fingerprint density at radius 3 is 2.67 bits per heavy atom. The van der Waals surface area contributed by atoms with E-state index in [4.69, 9.17) is 4.74 Å². The van der Waals surface area contributed by atoms with E-state index in [1.54, 1.807) is 0 Å². The fourth-order valence-electron chi connectivity index (χ4n) is 2.65. The van der Waals surface area contributed by atoms with Crippen LogP contribution in [0.2, 0.25) is 0 Å². The van der Waals surface area contributed by atoms with Gasteiger partial charge in [0.05, 0.1) is 13.2 Å². The summed E-state index contributed by atoms with van der Waals surface area (Å²) in [7, 11) is 0. The lowest BCUT2D eigenvalue weighted by Gasteiger charge is -2.29. The summed E-state index contributed by atoms with van der Waals surface area (Å²) in [5.41, 5.74) is 1.10. The van der Waals surface area contributed by atoms with Crippen molar-refractivity contribution in [3.05, 3.63) is 29.8 Å². The first kappa shape index (κ1) is 16.3. The first-order valence-corrected chi connectivity index (χ1v) is 8.14. The van der Waals surface area contributed by atoms with Crippen molar-refractivity contribution in [3.8, 4) is 5.75 Å². The Morgan fingerprint density at radius 1 is 1.33 bits per heavy atom. The molecule has 1 unspecified atom stereocenters. The van der Waals surface area contributed by atoms with Gasteiger partial charge in [-0.25, -0.2) is 0 Å². The van der Waals surface area contributed by atoms with Gasteiger partial charge in [0, 0.05) is 11.6 Å². The van der Waals surface area contributed by atoms with Gasteiger partial charge in [-0.15, -0.1) is 0 Å². The number of aliphatic hydroxyl groups is 1. The molecular weight excluding hydrogens is 262 g/mol. The van der Waals surface area contributed by atoms with E-state index in [9.17, 15) is 5.11 Å². The van der Waals surface area contributed by atoms with Crippen LogP contribution < -0.4 is 10.1 Å². The molecule has 118 valence electrons. The third-order valence-electron chi connectivity index (χ3n) is 4.15. The molecule has 0 aliphatic heterocycles. The molecule has 1 fully saturated rings. The van der Waals surface area contributed by atoms with Crippen LogP contribution in [0.1, 0.15) is 57.9 Å². The summed E-state index contributed by atoms with van der Waals surface area (Å²) >= 11 is 0. The Labute approximate surface area is 128 Å². The zero-order valence-electron chi connectivity index (χ0n) is 13.6. The van der Waals surface area contributed by atoms with E-state index >= 15 is 0 Å². The number of rotatable bonds is 9. The molecule has 3 heteroatoms. The molecule has 1 aliphatic rings. The van der Waals surface area contributed by atoms with Gasteiger partial charge in [0.15, 0.2) is 0 Å². The summed E-state index contributed by atoms with van der Waals surface area (Å²) in [4.78, 5) is 0. The average Bonchev–Trinajstić information content (AvgIpc) is 3.27. The molecule has 1 aliphatic carbocycles. The second kappa shape index (κ2) is 7.28. The third-order valence-corrected chi connectivity index (χ3v) is 4.15. The Hall–Kier alpha value is -1.06. The maximum absolute atomic E-state index is 9.59. The van der Waals surface area contributed by atoms with E-state index < -0.39 is 0 Å². The minimum absolute atomic E-state index is 0.165. The van der Waals surface area contributed by atoms with Crippen LogP contribution >= 0.6 is 0 Å². The van der Waals surface area contributed by atoms with Crippen molar-refractivity contribution in [3.63, 3.8) is 0 Å². The molecule has 2 N–H and O–H groups in total. The summed E-state index contributed by atoms with van der Waals surface area (Å²) in [6, 6.07) is 8.87. The molecule has 0 saturated heterocycles. The SMILES string of the molecule is CC(C)c1ccccc1OCCCC(C)(CO)NC1CC1. The van der Waals surface area contributed by atoms with Gasteiger partial charge in [-0.05, 0) is 50.2 Å².